The van der Waals surface area contributed by atoms with Crippen molar-refractivity contribution in [2.24, 2.45) is 11.3 Å². The molecule has 0 amide bonds. The number of rotatable bonds is 4. The molecule has 92 valence electrons. The molecule has 2 atom stereocenters. The summed E-state index contributed by atoms with van der Waals surface area (Å²) in [7, 11) is 0. The highest BCUT2D eigenvalue weighted by Crippen LogP contribution is 2.38. The number of carboxylic acids is 1. The van der Waals surface area contributed by atoms with Gasteiger partial charge in [0.15, 0.2) is 0 Å². The van der Waals surface area contributed by atoms with Crippen molar-refractivity contribution < 1.29 is 9.90 Å². The lowest BCUT2D eigenvalue weighted by atomic mass is 9.71. The first-order valence-corrected chi connectivity index (χ1v) is 5.78. The molecule has 0 bridgehead atoms. The van der Waals surface area contributed by atoms with Crippen molar-refractivity contribution in [3.8, 4) is 0 Å². The number of benzene rings is 1. The molecule has 1 aromatic carbocycles. The second-order valence-corrected chi connectivity index (χ2v) is 5.35. The van der Waals surface area contributed by atoms with Crippen molar-refractivity contribution >= 4 is 5.97 Å². The maximum absolute atomic E-state index is 11.5. The Morgan fingerprint density at radius 1 is 1.29 bits per heavy atom. The number of aliphatic carboxylic acids is 1. The van der Waals surface area contributed by atoms with Crippen LogP contribution < -0.4 is 0 Å². The Balaban J connectivity index is 3.16. The molecule has 0 aliphatic rings. The zero-order valence-corrected chi connectivity index (χ0v) is 10.7. The predicted molar refractivity (Wildman–Crippen MR) is 70.0 cm³/mol. The maximum atomic E-state index is 11.5. The van der Waals surface area contributed by atoms with Crippen LogP contribution in [0.4, 0.5) is 0 Å². The van der Waals surface area contributed by atoms with Crippen LogP contribution in [0.15, 0.2) is 43.0 Å². The monoisotopic (exact) mass is 232 g/mol. The fourth-order valence-corrected chi connectivity index (χ4v) is 2.20. The van der Waals surface area contributed by atoms with E-state index in [-0.39, 0.29) is 11.3 Å². The van der Waals surface area contributed by atoms with E-state index in [1.165, 1.54) is 0 Å². The van der Waals surface area contributed by atoms with Gasteiger partial charge in [0.05, 0.1) is 5.92 Å². The molecule has 1 rings (SSSR count). The molecule has 0 spiro atoms. The van der Waals surface area contributed by atoms with Crippen LogP contribution >= 0.6 is 0 Å². The van der Waals surface area contributed by atoms with Crippen molar-refractivity contribution in [2.45, 2.75) is 26.7 Å². The Bertz CT molecular complexity index is 387. The number of hydrogen-bond donors (Lipinski definition) is 1. The highest BCUT2D eigenvalue weighted by atomic mass is 16.4. The molecule has 0 fully saturated rings. The molecule has 0 saturated heterocycles. The van der Waals surface area contributed by atoms with Crippen LogP contribution in [0.5, 0.6) is 0 Å². The Kier molecular flexibility index (Phi) is 4.11. The Morgan fingerprint density at radius 2 is 1.82 bits per heavy atom. The van der Waals surface area contributed by atoms with Crippen LogP contribution in [-0.2, 0) is 4.79 Å². The molecule has 0 saturated carbocycles. The molecule has 17 heavy (non-hydrogen) atoms. The second kappa shape index (κ2) is 5.17. The first-order valence-electron chi connectivity index (χ1n) is 5.78. The maximum Gasteiger partial charge on any atom is 0.307 e. The highest BCUT2D eigenvalue weighted by Gasteiger charge is 2.37. The molecular formula is C15H20O2. The summed E-state index contributed by atoms with van der Waals surface area (Å²) in [5.41, 5.74) is 0.699. The lowest BCUT2D eigenvalue weighted by Crippen LogP contribution is -2.33. The van der Waals surface area contributed by atoms with Gasteiger partial charge in [-0.3, -0.25) is 4.79 Å². The molecule has 2 heteroatoms. The van der Waals surface area contributed by atoms with E-state index in [4.69, 9.17) is 0 Å². The van der Waals surface area contributed by atoms with Gasteiger partial charge in [-0.15, -0.1) is 6.58 Å². The third kappa shape index (κ3) is 3.19. The number of hydrogen-bond acceptors (Lipinski definition) is 1. The summed E-state index contributed by atoms with van der Waals surface area (Å²) in [6.45, 7) is 9.64. The van der Waals surface area contributed by atoms with Crippen molar-refractivity contribution in [1.82, 2.24) is 0 Å². The van der Waals surface area contributed by atoms with Gasteiger partial charge in [-0.2, -0.15) is 0 Å². The summed E-state index contributed by atoms with van der Waals surface area (Å²) >= 11 is 0. The lowest BCUT2D eigenvalue weighted by Gasteiger charge is -2.32. The minimum Gasteiger partial charge on any atom is -0.481 e. The minimum atomic E-state index is -0.772. The Labute approximate surface area is 103 Å². The van der Waals surface area contributed by atoms with Crippen molar-refractivity contribution in [2.75, 3.05) is 0 Å². The molecule has 0 radical (unpaired) electrons. The van der Waals surface area contributed by atoms with Crippen molar-refractivity contribution in [3.63, 3.8) is 0 Å². The number of carboxylic acid groups (broad SMARTS) is 1. The van der Waals surface area contributed by atoms with Crippen LogP contribution in [0.25, 0.3) is 0 Å². The van der Waals surface area contributed by atoms with Crippen molar-refractivity contribution in [1.29, 1.82) is 0 Å². The van der Waals surface area contributed by atoms with E-state index in [9.17, 15) is 9.90 Å². The largest absolute Gasteiger partial charge is 0.481 e. The SMILES string of the molecule is C=CC(c1ccccc1)C(C(=O)O)C(C)(C)C. The van der Waals surface area contributed by atoms with E-state index in [2.05, 4.69) is 6.58 Å². The number of carbonyl (C=O) groups is 1. The van der Waals surface area contributed by atoms with E-state index >= 15 is 0 Å². The van der Waals surface area contributed by atoms with Crippen LogP contribution in [0, 0.1) is 11.3 Å². The van der Waals surface area contributed by atoms with Crippen LogP contribution in [0.1, 0.15) is 32.3 Å². The van der Waals surface area contributed by atoms with Gasteiger partial charge in [0.2, 0.25) is 0 Å². The zero-order valence-electron chi connectivity index (χ0n) is 10.7. The molecular weight excluding hydrogens is 212 g/mol. The molecule has 1 aromatic rings. The zero-order chi connectivity index (χ0) is 13.1. The summed E-state index contributed by atoms with van der Waals surface area (Å²) in [5, 5.41) is 9.42. The van der Waals surface area contributed by atoms with Crippen LogP contribution in [-0.4, -0.2) is 11.1 Å². The fraction of sp³-hybridized carbons (Fsp3) is 0.400. The van der Waals surface area contributed by atoms with Gasteiger partial charge in [0.1, 0.15) is 0 Å². The normalized spacial score (nSPS) is 15.0. The summed E-state index contributed by atoms with van der Waals surface area (Å²) in [4.78, 5) is 11.5. The van der Waals surface area contributed by atoms with Gasteiger partial charge in [0, 0.05) is 5.92 Å². The minimum absolute atomic E-state index is 0.159. The predicted octanol–water partition coefficient (Wildman–Crippen LogP) is 3.70. The second-order valence-electron chi connectivity index (χ2n) is 5.35. The Morgan fingerprint density at radius 3 is 2.18 bits per heavy atom. The standard InChI is InChI=1S/C15H20O2/c1-5-12(11-9-7-6-8-10-11)13(14(16)17)15(2,3)4/h5-10,12-13H,1H2,2-4H3,(H,16,17). The molecule has 1 N–H and O–H groups in total. The summed E-state index contributed by atoms with van der Waals surface area (Å²) in [6, 6.07) is 9.68. The van der Waals surface area contributed by atoms with Gasteiger partial charge in [-0.1, -0.05) is 57.2 Å². The summed E-state index contributed by atoms with van der Waals surface area (Å²) < 4.78 is 0. The number of allylic oxidation sites excluding steroid dienone is 1. The third-order valence-electron chi connectivity index (χ3n) is 3.00. The van der Waals surface area contributed by atoms with Gasteiger partial charge in [0.25, 0.3) is 0 Å². The first-order chi connectivity index (χ1) is 7.88. The van der Waals surface area contributed by atoms with Crippen LogP contribution in [0.3, 0.4) is 0 Å². The van der Waals surface area contributed by atoms with E-state index in [1.807, 2.05) is 51.1 Å². The first kappa shape index (κ1) is 13.5. The van der Waals surface area contributed by atoms with E-state index < -0.39 is 11.9 Å². The molecule has 0 aliphatic carbocycles. The fourth-order valence-electron chi connectivity index (χ4n) is 2.20. The third-order valence-corrected chi connectivity index (χ3v) is 3.00. The van der Waals surface area contributed by atoms with Gasteiger partial charge in [-0.05, 0) is 11.0 Å². The van der Waals surface area contributed by atoms with E-state index in [1.54, 1.807) is 6.08 Å². The van der Waals surface area contributed by atoms with Gasteiger partial charge in [-0.25, -0.2) is 0 Å². The van der Waals surface area contributed by atoms with E-state index in [0.29, 0.717) is 0 Å². The smallest absolute Gasteiger partial charge is 0.307 e. The molecule has 0 heterocycles. The van der Waals surface area contributed by atoms with Crippen LogP contribution in [0.2, 0.25) is 0 Å². The molecule has 0 aromatic heterocycles. The van der Waals surface area contributed by atoms with E-state index in [0.717, 1.165) is 5.56 Å². The molecule has 2 unspecified atom stereocenters. The topological polar surface area (TPSA) is 37.3 Å². The van der Waals surface area contributed by atoms with Gasteiger partial charge >= 0.3 is 5.97 Å². The molecule has 0 aliphatic heterocycles. The highest BCUT2D eigenvalue weighted by molar-refractivity contribution is 5.73. The average molecular weight is 232 g/mol. The molecule has 2 nitrogen and oxygen atoms in total. The van der Waals surface area contributed by atoms with Gasteiger partial charge < -0.3 is 5.11 Å². The summed E-state index contributed by atoms with van der Waals surface area (Å²) in [6.07, 6.45) is 1.74. The Hall–Kier alpha value is -1.57. The lowest BCUT2D eigenvalue weighted by molar-refractivity contribution is -0.146. The summed E-state index contributed by atoms with van der Waals surface area (Å²) in [5.74, 6) is -1.40. The quantitative estimate of drug-likeness (QED) is 0.804. The van der Waals surface area contributed by atoms with Crippen molar-refractivity contribution in [3.05, 3.63) is 48.6 Å². The average Bonchev–Trinajstić information content (AvgIpc) is 2.24.